The fourth-order valence-corrected chi connectivity index (χ4v) is 8.84. The first kappa shape index (κ1) is 29.7. The molecule has 0 aliphatic carbocycles. The molecule has 1 saturated heterocycles. The van der Waals surface area contributed by atoms with Crippen LogP contribution in [0.25, 0.3) is 6.08 Å². The van der Waals surface area contributed by atoms with Gasteiger partial charge in [-0.05, 0) is 39.3 Å². The van der Waals surface area contributed by atoms with Gasteiger partial charge in [0.25, 0.3) is 5.56 Å². The normalized spacial score (nSPS) is 22.7. The van der Waals surface area contributed by atoms with Crippen LogP contribution in [0.5, 0.6) is 0 Å². The van der Waals surface area contributed by atoms with E-state index in [1.165, 1.54) is 4.57 Å². The molecule has 0 unspecified atom stereocenters. The van der Waals surface area contributed by atoms with Gasteiger partial charge in [0.05, 0.1) is 12.2 Å². The first-order chi connectivity index (χ1) is 20.0. The lowest BCUT2D eigenvalue weighted by atomic mass is 9.93. The van der Waals surface area contributed by atoms with Gasteiger partial charge in [0.15, 0.2) is 8.80 Å². The molecular weight excluding hydrogens is 544 g/mol. The van der Waals surface area contributed by atoms with Crippen LogP contribution in [-0.4, -0.2) is 47.4 Å². The Labute approximate surface area is 247 Å². The summed E-state index contributed by atoms with van der Waals surface area (Å²) >= 11 is 0. The van der Waals surface area contributed by atoms with Crippen LogP contribution in [0.15, 0.2) is 113 Å². The van der Waals surface area contributed by atoms with Crippen molar-refractivity contribution in [2.45, 2.75) is 56.8 Å². The lowest BCUT2D eigenvalue weighted by molar-refractivity contribution is -0.124. The summed E-state index contributed by atoms with van der Waals surface area (Å²) < 4.78 is 14.7. The van der Waals surface area contributed by atoms with Crippen molar-refractivity contribution < 1.29 is 14.6 Å². The van der Waals surface area contributed by atoms with Crippen LogP contribution in [0.4, 0.5) is 0 Å². The number of aryl methyl sites for hydroxylation is 1. The Hall–Kier alpha value is -3.82. The molecule has 3 aromatic carbocycles. The lowest BCUT2D eigenvalue weighted by Crippen LogP contribution is -2.64. The molecule has 2 heterocycles. The number of rotatable bonds is 8. The number of aromatic amines is 1. The monoisotopic (exact) mass is 581 g/mol. The highest BCUT2D eigenvalue weighted by Gasteiger charge is 2.60. The Balaban J connectivity index is 1.76. The summed E-state index contributed by atoms with van der Waals surface area (Å²) in [5.41, 5.74) is -1.75. The maximum atomic E-state index is 13.7. The summed E-state index contributed by atoms with van der Waals surface area (Å²) in [4.78, 5) is 28.7. The minimum absolute atomic E-state index is 0.0605. The second kappa shape index (κ2) is 11.8. The van der Waals surface area contributed by atoms with Crippen LogP contribution < -0.4 is 21.6 Å². The van der Waals surface area contributed by atoms with Gasteiger partial charge in [-0.3, -0.25) is 14.3 Å². The Morgan fingerprint density at radius 1 is 0.976 bits per heavy atom. The number of nitrogens with one attached hydrogen (secondary N) is 1. The largest absolute Gasteiger partial charge is 0.383 e. The summed E-state index contributed by atoms with van der Waals surface area (Å²) in [6.45, 7) is 7.61. The third-order valence-corrected chi connectivity index (χ3v) is 10.6. The van der Waals surface area contributed by atoms with E-state index >= 15 is 0 Å². The molecule has 217 valence electrons. The van der Waals surface area contributed by atoms with Gasteiger partial charge < -0.3 is 14.6 Å². The van der Waals surface area contributed by atoms with Crippen molar-refractivity contribution in [2.75, 3.05) is 6.61 Å². The van der Waals surface area contributed by atoms with Crippen LogP contribution in [0.2, 0.25) is 0 Å². The Morgan fingerprint density at radius 2 is 1.52 bits per heavy atom. The molecule has 5 rings (SSSR count). The number of aromatic nitrogens is 2. The fraction of sp³-hybridized carbons (Fsp3) is 0.294. The Morgan fingerprint density at radius 3 is 2.07 bits per heavy atom. The van der Waals surface area contributed by atoms with Crippen molar-refractivity contribution in [3.63, 3.8) is 0 Å². The third kappa shape index (κ3) is 6.17. The molecule has 0 bridgehead atoms. The van der Waals surface area contributed by atoms with E-state index in [1.807, 2.05) is 118 Å². The third-order valence-electron chi connectivity index (χ3n) is 7.47. The average molecular weight is 582 g/mol. The molecule has 7 nitrogen and oxygen atoms in total. The van der Waals surface area contributed by atoms with Crippen LogP contribution in [0.1, 0.15) is 38.3 Å². The van der Waals surface area contributed by atoms with Gasteiger partial charge in [0.1, 0.15) is 17.1 Å². The van der Waals surface area contributed by atoms with Gasteiger partial charge in [0, 0.05) is 18.2 Å². The van der Waals surface area contributed by atoms with Crippen molar-refractivity contribution in [3.05, 3.63) is 135 Å². The predicted molar refractivity (Wildman–Crippen MR) is 168 cm³/mol. The van der Waals surface area contributed by atoms with Gasteiger partial charge in [-0.2, -0.15) is 0 Å². The molecule has 0 saturated carbocycles. The number of benzene rings is 3. The molecule has 1 fully saturated rings. The van der Waals surface area contributed by atoms with E-state index in [1.54, 1.807) is 19.2 Å². The number of hydrogen-bond acceptors (Lipinski definition) is 5. The first-order valence-electron chi connectivity index (χ1n) is 14.1. The zero-order valence-electron chi connectivity index (χ0n) is 24.4. The first-order valence-corrected chi connectivity index (χ1v) is 15.6. The van der Waals surface area contributed by atoms with Crippen molar-refractivity contribution in [2.24, 2.45) is 0 Å². The molecule has 1 aliphatic rings. The fourth-order valence-electron chi connectivity index (χ4n) is 5.42. The molecule has 1 radical (unpaired) electrons. The summed E-state index contributed by atoms with van der Waals surface area (Å²) in [5, 5.41) is 13.2. The molecule has 0 amide bonds. The molecule has 1 aliphatic heterocycles. The van der Waals surface area contributed by atoms with E-state index in [9.17, 15) is 14.7 Å². The van der Waals surface area contributed by atoms with E-state index in [0.717, 1.165) is 15.9 Å². The van der Waals surface area contributed by atoms with Crippen molar-refractivity contribution in [1.29, 1.82) is 0 Å². The van der Waals surface area contributed by atoms with E-state index < -0.39 is 42.7 Å². The summed E-state index contributed by atoms with van der Waals surface area (Å²) in [6.07, 6.45) is 4.45. The van der Waals surface area contributed by atoms with Crippen molar-refractivity contribution >= 4 is 25.2 Å². The maximum absolute atomic E-state index is 13.7. The van der Waals surface area contributed by atoms with Crippen molar-refractivity contribution in [1.82, 2.24) is 9.55 Å². The minimum Gasteiger partial charge on any atom is -0.383 e. The summed E-state index contributed by atoms with van der Waals surface area (Å²) in [7, 11) is -2.01. The minimum atomic E-state index is -2.01. The quantitative estimate of drug-likeness (QED) is 0.311. The number of ether oxygens (including phenoxy) is 2. The number of nitrogens with zero attached hydrogens (tertiary/aromatic N) is 1. The van der Waals surface area contributed by atoms with Gasteiger partial charge in [-0.25, -0.2) is 4.79 Å². The van der Waals surface area contributed by atoms with Crippen molar-refractivity contribution in [3.8, 4) is 0 Å². The molecule has 4 aromatic rings. The summed E-state index contributed by atoms with van der Waals surface area (Å²) in [6, 6.07) is 29.6. The van der Waals surface area contributed by atoms with Crippen LogP contribution in [-0.2, 0) is 14.8 Å². The lowest BCUT2D eigenvalue weighted by Gasteiger charge is -2.38. The van der Waals surface area contributed by atoms with E-state index in [-0.39, 0.29) is 13.0 Å². The van der Waals surface area contributed by atoms with Gasteiger partial charge in [0.2, 0.25) is 0 Å². The van der Waals surface area contributed by atoms with E-state index in [0.29, 0.717) is 5.56 Å². The predicted octanol–water partition coefficient (Wildman–Crippen LogP) is 3.39. The molecular formula is C34H37N2O5Si. The molecule has 3 atom stereocenters. The van der Waals surface area contributed by atoms with E-state index in [4.69, 9.17) is 9.47 Å². The molecule has 0 spiro atoms. The van der Waals surface area contributed by atoms with Crippen LogP contribution in [0, 0.1) is 6.92 Å². The zero-order valence-corrected chi connectivity index (χ0v) is 25.4. The number of hydrogen-bond donors (Lipinski definition) is 2. The highest BCUT2D eigenvalue weighted by Crippen LogP contribution is 2.44. The standard InChI is InChI=1S/C34H37N2O5Si/c1-25-22-36(31(38)35-30(25)37)34(42(27-16-10-6-11-17-27)28-18-12-7-13-19-28)24-33(39,21-20-26-14-8-5-9-15-26)29(41-34)23-40-32(2,3)4/h5-22,29,39H,23-24H2,1-4H3,(H,35,37,38)/t29-,33+,34+/m1/s1. The average Bonchev–Trinajstić information content (AvgIpc) is 3.27. The maximum Gasteiger partial charge on any atom is 0.330 e. The SMILES string of the molecule is Cc1cn([C@@]2([Si](c3ccccc3)c3ccccc3)C[C@@](O)(C=Cc3ccccc3)[C@@H](COC(C)(C)C)O2)c(=O)[nH]c1=O. The zero-order chi connectivity index (χ0) is 30.0. The van der Waals surface area contributed by atoms with Gasteiger partial charge >= 0.3 is 5.69 Å². The van der Waals surface area contributed by atoms with Gasteiger partial charge in [-0.15, -0.1) is 0 Å². The van der Waals surface area contributed by atoms with Gasteiger partial charge in [-0.1, -0.05) is 107 Å². The second-order valence-corrected chi connectivity index (χ2v) is 14.5. The Kier molecular flexibility index (Phi) is 8.34. The smallest absolute Gasteiger partial charge is 0.330 e. The summed E-state index contributed by atoms with van der Waals surface area (Å²) in [5.74, 6) is 0. The highest BCUT2D eigenvalue weighted by atomic mass is 28.3. The Bertz CT molecular complexity index is 1610. The molecule has 1 aromatic heterocycles. The molecule has 8 heteroatoms. The highest BCUT2D eigenvalue weighted by molar-refractivity contribution is 6.86. The van der Waals surface area contributed by atoms with Crippen LogP contribution >= 0.6 is 0 Å². The number of H-pyrrole nitrogens is 1. The van der Waals surface area contributed by atoms with E-state index in [2.05, 4.69) is 4.98 Å². The molecule has 42 heavy (non-hydrogen) atoms. The second-order valence-electron chi connectivity index (χ2n) is 11.8. The van der Waals surface area contributed by atoms with Crippen LogP contribution in [0.3, 0.4) is 0 Å². The topological polar surface area (TPSA) is 93.6 Å². The number of aliphatic hydroxyl groups is 1. The molecule has 2 N–H and O–H groups in total.